The van der Waals surface area contributed by atoms with Gasteiger partial charge < -0.3 is 36.0 Å². The van der Waals surface area contributed by atoms with Crippen molar-refractivity contribution in [3.63, 3.8) is 0 Å². The number of carbonyl (C=O) groups is 7. The summed E-state index contributed by atoms with van der Waals surface area (Å²) < 4.78 is 5.09. The summed E-state index contributed by atoms with van der Waals surface area (Å²) in [6.07, 6.45) is -0.165. The number of carboxylic acid groups (broad SMARTS) is 1. The number of benzene rings is 1. The number of aliphatic carboxylic acids is 1. The summed E-state index contributed by atoms with van der Waals surface area (Å²) in [5.74, 6) is -3.72. The number of amides is 5. The lowest BCUT2D eigenvalue weighted by atomic mass is 9.97. The molecule has 248 valence electrons. The van der Waals surface area contributed by atoms with Gasteiger partial charge in [-0.3, -0.25) is 28.8 Å². The summed E-state index contributed by atoms with van der Waals surface area (Å²) in [6, 6.07) is 4.65. The fourth-order valence-corrected chi connectivity index (χ4v) is 4.40. The van der Waals surface area contributed by atoms with Crippen molar-refractivity contribution in [3.8, 4) is 0 Å². The summed E-state index contributed by atoms with van der Waals surface area (Å²) >= 11 is 0. The molecule has 2 rings (SSSR count). The number of hydrogen-bond acceptors (Lipinski definition) is 8. The summed E-state index contributed by atoms with van der Waals surface area (Å²) in [4.78, 5) is 86.8. The molecule has 0 spiro atoms. The predicted octanol–water partition coefficient (Wildman–Crippen LogP) is 1.83. The second-order valence-corrected chi connectivity index (χ2v) is 11.7. The SMILES string of the molecule is CC(C)C(=O)CNC(=O)OCc1ccc(NC(=O)[C@H](C)NC(=O)C(NC(=O)CCC(=O)N2CCC(C(=O)O)CC2)C(C)C)cc1. The number of rotatable bonds is 15. The normalized spacial score (nSPS) is 14.7. The quantitative estimate of drug-likeness (QED) is 0.191. The molecule has 1 fully saturated rings. The van der Waals surface area contributed by atoms with Gasteiger partial charge >= 0.3 is 12.1 Å². The Bertz CT molecular complexity index is 1220. The zero-order valence-electron chi connectivity index (χ0n) is 26.5. The molecule has 5 amide bonds. The Morgan fingerprint density at radius 1 is 0.889 bits per heavy atom. The van der Waals surface area contributed by atoms with Gasteiger partial charge in [0.15, 0.2) is 5.78 Å². The molecule has 0 saturated carbocycles. The fourth-order valence-electron chi connectivity index (χ4n) is 4.40. The van der Waals surface area contributed by atoms with Gasteiger partial charge in [0.05, 0.1) is 12.5 Å². The molecule has 1 saturated heterocycles. The predicted molar refractivity (Wildman–Crippen MR) is 164 cm³/mol. The topological polar surface area (TPSA) is 200 Å². The lowest BCUT2D eigenvalue weighted by Crippen LogP contribution is -2.53. The third-order valence-corrected chi connectivity index (χ3v) is 7.42. The maximum Gasteiger partial charge on any atom is 0.407 e. The number of anilines is 1. The summed E-state index contributed by atoms with van der Waals surface area (Å²) in [7, 11) is 0. The van der Waals surface area contributed by atoms with Crippen LogP contribution in [-0.2, 0) is 40.1 Å². The van der Waals surface area contributed by atoms with E-state index in [1.54, 1.807) is 56.9 Å². The zero-order valence-corrected chi connectivity index (χ0v) is 26.5. The Morgan fingerprint density at radius 2 is 1.51 bits per heavy atom. The van der Waals surface area contributed by atoms with Crippen LogP contribution in [0.5, 0.6) is 0 Å². The number of hydrogen-bond donors (Lipinski definition) is 5. The van der Waals surface area contributed by atoms with Crippen molar-refractivity contribution in [1.82, 2.24) is 20.9 Å². The Hall–Kier alpha value is -4.49. The van der Waals surface area contributed by atoms with Gasteiger partial charge in [-0.2, -0.15) is 0 Å². The van der Waals surface area contributed by atoms with Crippen LogP contribution in [0.4, 0.5) is 10.5 Å². The Labute approximate surface area is 263 Å². The zero-order chi connectivity index (χ0) is 33.7. The minimum absolute atomic E-state index is 0.0374. The maximum absolute atomic E-state index is 13.0. The standard InChI is InChI=1S/C31H45N5O9/c1-18(2)24(37)16-32-31(44)45-17-21-6-8-23(9-7-21)34-28(40)20(5)33-29(41)27(19(3)4)35-25(38)10-11-26(39)36-14-12-22(13-15-36)30(42)43/h6-9,18-20,22,27H,10-17H2,1-5H3,(H,32,44)(H,33,41)(H,34,40)(H,35,38)(H,42,43)/t20-,27?/m0/s1. The molecule has 1 aromatic rings. The average Bonchev–Trinajstić information content (AvgIpc) is 3.00. The van der Waals surface area contributed by atoms with E-state index in [4.69, 9.17) is 9.84 Å². The second kappa shape index (κ2) is 17.7. The molecule has 5 N–H and O–H groups in total. The smallest absolute Gasteiger partial charge is 0.407 e. The van der Waals surface area contributed by atoms with Gasteiger partial charge in [0.25, 0.3) is 0 Å². The summed E-state index contributed by atoms with van der Waals surface area (Å²) in [5, 5.41) is 19.4. The lowest BCUT2D eigenvalue weighted by Gasteiger charge is -2.30. The molecule has 14 heteroatoms. The van der Waals surface area contributed by atoms with Gasteiger partial charge in [-0.1, -0.05) is 39.8 Å². The van der Waals surface area contributed by atoms with Crippen LogP contribution in [0.15, 0.2) is 24.3 Å². The minimum Gasteiger partial charge on any atom is -0.481 e. The largest absolute Gasteiger partial charge is 0.481 e. The average molecular weight is 632 g/mol. The molecule has 0 radical (unpaired) electrons. The van der Waals surface area contributed by atoms with E-state index in [-0.39, 0.29) is 49.5 Å². The van der Waals surface area contributed by atoms with Crippen LogP contribution in [0.25, 0.3) is 0 Å². The van der Waals surface area contributed by atoms with Crippen LogP contribution in [0, 0.1) is 17.8 Å². The van der Waals surface area contributed by atoms with Gasteiger partial charge in [0.2, 0.25) is 23.6 Å². The van der Waals surface area contributed by atoms with E-state index in [0.29, 0.717) is 37.2 Å². The van der Waals surface area contributed by atoms with Crippen LogP contribution >= 0.6 is 0 Å². The molecule has 0 aromatic heterocycles. The molecule has 45 heavy (non-hydrogen) atoms. The highest BCUT2D eigenvalue weighted by Crippen LogP contribution is 2.18. The molecule has 2 atom stereocenters. The van der Waals surface area contributed by atoms with E-state index in [2.05, 4.69) is 21.3 Å². The van der Waals surface area contributed by atoms with Crippen molar-refractivity contribution in [3.05, 3.63) is 29.8 Å². The molecule has 1 aromatic carbocycles. The molecule has 14 nitrogen and oxygen atoms in total. The van der Waals surface area contributed by atoms with E-state index in [0.717, 1.165) is 0 Å². The Kier molecular flexibility index (Phi) is 14.4. The number of ether oxygens (including phenoxy) is 1. The van der Waals surface area contributed by atoms with Crippen LogP contribution in [0.3, 0.4) is 0 Å². The summed E-state index contributed by atoms with van der Waals surface area (Å²) in [6.45, 7) is 8.97. The number of alkyl carbamates (subject to hydrolysis) is 1. The second-order valence-electron chi connectivity index (χ2n) is 11.7. The van der Waals surface area contributed by atoms with E-state index >= 15 is 0 Å². The van der Waals surface area contributed by atoms with Crippen molar-refractivity contribution >= 4 is 47.2 Å². The highest BCUT2D eigenvalue weighted by atomic mass is 16.5. The lowest BCUT2D eigenvalue weighted by molar-refractivity contribution is -0.145. The van der Waals surface area contributed by atoms with Crippen molar-refractivity contribution < 1.29 is 43.4 Å². The first-order valence-corrected chi connectivity index (χ1v) is 15.1. The molecular weight excluding hydrogens is 586 g/mol. The highest BCUT2D eigenvalue weighted by molar-refractivity contribution is 5.98. The van der Waals surface area contributed by atoms with Crippen molar-refractivity contribution in [2.45, 2.75) is 79.0 Å². The third kappa shape index (κ3) is 12.6. The fraction of sp³-hybridized carbons (Fsp3) is 0.581. The molecule has 1 aliphatic heterocycles. The summed E-state index contributed by atoms with van der Waals surface area (Å²) in [5.41, 5.74) is 1.10. The number of carbonyl (C=O) groups excluding carboxylic acids is 6. The molecule has 0 aliphatic carbocycles. The molecule has 1 aliphatic rings. The number of carboxylic acids is 1. The van der Waals surface area contributed by atoms with Crippen molar-refractivity contribution in [2.24, 2.45) is 17.8 Å². The number of piperidine rings is 1. The first-order valence-electron chi connectivity index (χ1n) is 15.1. The molecular formula is C31H45N5O9. The van der Waals surface area contributed by atoms with E-state index < -0.39 is 47.8 Å². The van der Waals surface area contributed by atoms with E-state index in [9.17, 15) is 33.6 Å². The van der Waals surface area contributed by atoms with Crippen LogP contribution in [0.2, 0.25) is 0 Å². The Balaban J connectivity index is 1.78. The van der Waals surface area contributed by atoms with Crippen LogP contribution in [-0.4, -0.2) is 83.2 Å². The number of Topliss-reactive ketones (excluding diaryl/α,β-unsaturated/α-hetero) is 1. The minimum atomic E-state index is -0.939. The highest BCUT2D eigenvalue weighted by Gasteiger charge is 2.29. The number of likely N-dealkylation sites (tertiary alicyclic amines) is 1. The molecule has 1 heterocycles. The van der Waals surface area contributed by atoms with E-state index in [1.165, 1.54) is 6.92 Å². The molecule has 1 unspecified atom stereocenters. The number of ketones is 1. The maximum atomic E-state index is 13.0. The Morgan fingerprint density at radius 3 is 2.07 bits per heavy atom. The van der Waals surface area contributed by atoms with Gasteiger partial charge in [0, 0.05) is 37.5 Å². The van der Waals surface area contributed by atoms with Crippen molar-refractivity contribution in [1.29, 1.82) is 0 Å². The number of nitrogens with one attached hydrogen (secondary N) is 4. The first kappa shape index (κ1) is 36.7. The van der Waals surface area contributed by atoms with Gasteiger partial charge in [0.1, 0.15) is 18.7 Å². The molecule has 0 bridgehead atoms. The van der Waals surface area contributed by atoms with E-state index in [1.807, 2.05) is 0 Å². The monoisotopic (exact) mass is 631 g/mol. The van der Waals surface area contributed by atoms with Crippen molar-refractivity contribution in [2.75, 3.05) is 25.0 Å². The van der Waals surface area contributed by atoms with Gasteiger partial charge in [-0.25, -0.2) is 4.79 Å². The first-order chi connectivity index (χ1) is 21.2. The third-order valence-electron chi connectivity index (χ3n) is 7.42. The van der Waals surface area contributed by atoms with Crippen LogP contribution < -0.4 is 21.3 Å². The number of nitrogens with zero attached hydrogens (tertiary/aromatic N) is 1. The van der Waals surface area contributed by atoms with Crippen LogP contribution in [0.1, 0.15) is 65.9 Å². The van der Waals surface area contributed by atoms with Gasteiger partial charge in [-0.05, 0) is 43.4 Å². The van der Waals surface area contributed by atoms with Gasteiger partial charge in [-0.15, -0.1) is 0 Å².